The van der Waals surface area contributed by atoms with Gasteiger partial charge in [0.15, 0.2) is 18.7 Å². The van der Waals surface area contributed by atoms with Gasteiger partial charge in [0.2, 0.25) is 0 Å². The van der Waals surface area contributed by atoms with Gasteiger partial charge < -0.3 is 59.1 Å². The van der Waals surface area contributed by atoms with Crippen molar-refractivity contribution < 1.29 is 111 Å². The van der Waals surface area contributed by atoms with E-state index in [4.69, 9.17) is 37.5 Å². The summed E-state index contributed by atoms with van der Waals surface area (Å²) in [4.78, 5) is 12.3. The number of nitrogens with one attached hydrogen (secondary N) is 1. The van der Waals surface area contributed by atoms with Gasteiger partial charge in [-0.25, -0.2) is 13.2 Å². The molecule has 0 radical (unpaired) electrons. The van der Waals surface area contributed by atoms with E-state index in [1.165, 1.54) is 0 Å². The Morgan fingerprint density at radius 1 is 0.833 bits per heavy atom. The van der Waals surface area contributed by atoms with Gasteiger partial charge in [-0.2, -0.15) is 30.0 Å². The first-order valence-corrected chi connectivity index (χ1v) is 17.4. The second-order valence-corrected chi connectivity index (χ2v) is 13.7. The molecule has 0 spiro atoms. The smallest absolute Gasteiger partial charge is 0.397 e. The van der Waals surface area contributed by atoms with Gasteiger partial charge in [0.05, 0.1) is 19.8 Å². The Kier molecular flexibility index (Phi) is 15.8. The summed E-state index contributed by atoms with van der Waals surface area (Å²) in [5.74, 6) is -3.36. The Labute approximate surface area is 272 Å². The normalized spacial score (nSPS) is 34.0. The van der Waals surface area contributed by atoms with Crippen molar-refractivity contribution in [2.45, 2.75) is 80.5 Å². The van der Waals surface area contributed by atoms with Crippen LogP contribution in [0.15, 0.2) is 0 Å². The number of hydrogen-bond acceptors (Lipinski definition) is 20. The lowest BCUT2D eigenvalue weighted by Crippen LogP contribution is -2.66. The molecule has 0 aromatic rings. The number of carbonyl (C=O) groups is 1. The lowest BCUT2D eigenvalue weighted by molar-refractivity contribution is -0.302. The zero-order valence-electron chi connectivity index (χ0n) is 24.7. The predicted octanol–water partition coefficient (Wildman–Crippen LogP) is -6.25. The van der Waals surface area contributed by atoms with Crippen LogP contribution in [0.2, 0.25) is 0 Å². The third kappa shape index (κ3) is 13.1. The third-order valence-corrected chi connectivity index (χ3v) is 8.22. The first kappa shape index (κ1) is 42.8. The van der Waals surface area contributed by atoms with E-state index < -0.39 is 143 Å². The van der Waals surface area contributed by atoms with Crippen molar-refractivity contribution in [3.8, 4) is 0 Å². The van der Waals surface area contributed by atoms with Gasteiger partial charge in [0, 0.05) is 13.0 Å². The van der Waals surface area contributed by atoms with E-state index in [1.807, 2.05) is 0 Å². The number of ether oxygens (including phenoxy) is 6. The predicted molar refractivity (Wildman–Crippen MR) is 145 cm³/mol. The Morgan fingerprint density at radius 2 is 1.44 bits per heavy atom. The summed E-state index contributed by atoms with van der Waals surface area (Å²) in [6, 6.07) is -2.09. The second-order valence-electron chi connectivity index (χ2n) is 10.3. The van der Waals surface area contributed by atoms with Crippen LogP contribution >= 0.6 is 0 Å². The Bertz CT molecular complexity index is 1360. The molecule has 2 heterocycles. The molecule has 28 heteroatoms. The van der Waals surface area contributed by atoms with Crippen LogP contribution in [-0.4, -0.2) is 183 Å². The third-order valence-electron chi connectivity index (χ3n) is 6.79. The van der Waals surface area contributed by atoms with E-state index in [0.717, 1.165) is 14.0 Å². The lowest BCUT2D eigenvalue weighted by atomic mass is 9.96. The average Bonchev–Trinajstić information content (AvgIpc) is 2.95. The molecule has 48 heavy (non-hydrogen) atoms. The molecule has 13 atom stereocenters. The first-order chi connectivity index (χ1) is 22.0. The highest BCUT2D eigenvalue weighted by Crippen LogP contribution is 2.29. The monoisotopic (exact) mass is 771 g/mol. The summed E-state index contributed by atoms with van der Waals surface area (Å²) in [5, 5.41) is 59.8. The molecule has 2 aliphatic rings. The number of carboxylic acids is 1. The van der Waals surface area contributed by atoms with Gasteiger partial charge in [-0.3, -0.25) is 13.7 Å². The maximum Gasteiger partial charge on any atom is 0.397 e. The molecule has 0 bridgehead atoms. The van der Waals surface area contributed by atoms with Crippen molar-refractivity contribution in [3.05, 3.63) is 0 Å². The number of carboxylic acid groups (broad SMARTS) is 1. The molecular formula is C20H37NO24S3. The van der Waals surface area contributed by atoms with Gasteiger partial charge in [-0.15, -0.1) is 0 Å². The molecule has 5 unspecified atom stereocenters. The first-order valence-electron chi connectivity index (χ1n) is 13.3. The van der Waals surface area contributed by atoms with Crippen molar-refractivity contribution in [2.24, 2.45) is 5.92 Å². The Morgan fingerprint density at radius 3 is 1.96 bits per heavy atom. The molecule has 10 N–H and O–H groups in total. The van der Waals surface area contributed by atoms with Crippen molar-refractivity contribution in [1.82, 2.24) is 4.72 Å². The highest BCUT2D eigenvalue weighted by atomic mass is 32.3. The molecule has 0 amide bonds. The fraction of sp³-hybridized carbons (Fsp3) is 0.950. The number of aliphatic hydroxyl groups excluding tert-OH is 5. The summed E-state index contributed by atoms with van der Waals surface area (Å²) in [7, 11) is -14.5. The Balaban J connectivity index is 2.38. The summed E-state index contributed by atoms with van der Waals surface area (Å²) in [6.07, 6.45) is -21.0. The van der Waals surface area contributed by atoms with Gasteiger partial charge in [-0.1, -0.05) is 6.92 Å². The molecule has 0 aromatic heterocycles. The largest absolute Gasteiger partial charge is 0.479 e. The fourth-order valence-corrected chi connectivity index (χ4v) is 5.81. The molecule has 2 saturated heterocycles. The second kappa shape index (κ2) is 17.7. The fourth-order valence-electron chi connectivity index (χ4n) is 4.52. The average molecular weight is 772 g/mol. The highest BCUT2D eigenvalue weighted by Gasteiger charge is 2.50. The molecule has 0 saturated carbocycles. The molecule has 0 aliphatic carbocycles. The van der Waals surface area contributed by atoms with Crippen molar-refractivity contribution in [2.75, 3.05) is 33.7 Å². The van der Waals surface area contributed by atoms with E-state index >= 15 is 0 Å². The molecular weight excluding hydrogens is 734 g/mol. The van der Waals surface area contributed by atoms with E-state index in [2.05, 4.69) is 8.37 Å². The van der Waals surface area contributed by atoms with E-state index in [0.29, 0.717) is 0 Å². The number of aliphatic carboxylic acids is 1. The minimum Gasteiger partial charge on any atom is -0.479 e. The number of methoxy groups -OCH3 is 1. The zero-order chi connectivity index (χ0) is 36.8. The van der Waals surface area contributed by atoms with Crippen molar-refractivity contribution in [3.63, 3.8) is 0 Å². The van der Waals surface area contributed by atoms with E-state index in [-0.39, 0.29) is 0 Å². The molecule has 2 fully saturated rings. The van der Waals surface area contributed by atoms with Gasteiger partial charge in [0.25, 0.3) is 0 Å². The van der Waals surface area contributed by atoms with Crippen LogP contribution in [0.5, 0.6) is 0 Å². The zero-order valence-corrected chi connectivity index (χ0v) is 27.2. The molecule has 25 nitrogen and oxygen atoms in total. The topological polar surface area (TPSA) is 387 Å². The minimum atomic E-state index is -5.22. The van der Waals surface area contributed by atoms with Crippen LogP contribution < -0.4 is 4.72 Å². The SMILES string of the molecule is CO[C@@H]1C(COS(=O)(=O)O)O[C@H](O[C@@H](C(OCOCC2O[C@@H](O)C(O)[C@H](O)[C@@H]2O)C(=O)O)[C@@H](C)COS(=O)(=O)O)C(NS(=O)(=O)O)[C@@H]1O. The van der Waals surface area contributed by atoms with Crippen molar-refractivity contribution >= 4 is 37.1 Å². The Hall–Kier alpha value is -1.36. The standard InChI is InChI=1S/C20H37NO24S3/c1-7(3-41-47(32,33)34)15(17(18(26)27)40-6-39-4-8-11(22)13(24)14(25)19(28)43-8)45-20-10(21-46(29,30)31)12(23)16(38-2)9(44-20)5-42-48(35,36)37/h7-17,19-25,28H,3-6H2,1-2H3,(H,26,27)(H,29,30,31)(H,32,33,34)(H,35,36,37)/t7-,8?,9?,10?,11+,12-,13+,14?,15+,16+,17?,19+,20+/m0/s1. The maximum absolute atomic E-state index is 12.3. The van der Waals surface area contributed by atoms with Crippen LogP contribution in [0.25, 0.3) is 0 Å². The molecule has 2 rings (SSSR count). The number of aliphatic hydroxyl groups is 5. The molecule has 0 aromatic carbocycles. The summed E-state index contributed by atoms with van der Waals surface area (Å²) in [6.45, 7) is -2.77. The van der Waals surface area contributed by atoms with Crippen LogP contribution in [0.3, 0.4) is 0 Å². The van der Waals surface area contributed by atoms with Crippen LogP contribution in [0, 0.1) is 5.92 Å². The lowest BCUT2D eigenvalue weighted by Gasteiger charge is -2.45. The van der Waals surface area contributed by atoms with Crippen LogP contribution in [-0.2, 0) is 72.7 Å². The quantitative estimate of drug-likeness (QED) is 0.0332. The van der Waals surface area contributed by atoms with Crippen molar-refractivity contribution in [1.29, 1.82) is 0 Å². The van der Waals surface area contributed by atoms with E-state index in [1.54, 1.807) is 4.72 Å². The van der Waals surface area contributed by atoms with Crippen LogP contribution in [0.1, 0.15) is 6.92 Å². The number of hydrogen-bond donors (Lipinski definition) is 10. The van der Waals surface area contributed by atoms with Crippen LogP contribution in [0.4, 0.5) is 0 Å². The molecule has 284 valence electrons. The summed E-state index contributed by atoms with van der Waals surface area (Å²) < 4.78 is 137. The number of rotatable bonds is 19. The maximum atomic E-state index is 12.3. The minimum absolute atomic E-state index is 0.687. The summed E-state index contributed by atoms with van der Waals surface area (Å²) >= 11 is 0. The van der Waals surface area contributed by atoms with Gasteiger partial charge >= 0.3 is 37.1 Å². The molecule has 2 aliphatic heterocycles. The highest BCUT2D eigenvalue weighted by molar-refractivity contribution is 7.83. The van der Waals surface area contributed by atoms with Gasteiger partial charge in [-0.05, 0) is 0 Å². The summed E-state index contributed by atoms with van der Waals surface area (Å²) in [5.41, 5.74) is 0. The van der Waals surface area contributed by atoms with Gasteiger partial charge in [0.1, 0.15) is 61.7 Å². The van der Waals surface area contributed by atoms with E-state index in [9.17, 15) is 65.2 Å².